The van der Waals surface area contributed by atoms with Crippen LogP contribution in [0.15, 0.2) is 200 Å². The molecule has 0 spiro atoms. The second-order valence-electron chi connectivity index (χ2n) is 19.0. The van der Waals surface area contributed by atoms with Crippen molar-refractivity contribution >= 4 is 34.1 Å². The average Bonchev–Trinajstić information content (AvgIpc) is 3.35. The lowest BCUT2D eigenvalue weighted by atomic mass is 9.73. The average molecular weight is 850 g/mol. The number of para-hydroxylation sites is 4. The molecular formula is C63H51N3. The van der Waals surface area contributed by atoms with E-state index < -0.39 is 0 Å². The third kappa shape index (κ3) is 6.47. The van der Waals surface area contributed by atoms with Gasteiger partial charge < -0.3 is 9.80 Å². The summed E-state index contributed by atoms with van der Waals surface area (Å²) in [6.07, 6.45) is 0. The van der Waals surface area contributed by atoms with Gasteiger partial charge in [-0.2, -0.15) is 5.26 Å². The Hall–Kier alpha value is -7.93. The minimum atomic E-state index is -0.114. The first kappa shape index (κ1) is 40.8. The van der Waals surface area contributed by atoms with Crippen LogP contribution in [0, 0.1) is 25.2 Å². The lowest BCUT2D eigenvalue weighted by Crippen LogP contribution is -2.30. The van der Waals surface area contributed by atoms with Gasteiger partial charge in [0.25, 0.3) is 0 Å². The van der Waals surface area contributed by atoms with E-state index in [1.807, 2.05) is 12.1 Å². The molecule has 0 aromatic heterocycles. The molecule has 0 saturated heterocycles. The zero-order valence-electron chi connectivity index (χ0n) is 38.4. The molecule has 0 N–H and O–H groups in total. The van der Waals surface area contributed by atoms with Gasteiger partial charge in [-0.1, -0.05) is 173 Å². The van der Waals surface area contributed by atoms with Crippen LogP contribution in [0.3, 0.4) is 0 Å². The van der Waals surface area contributed by atoms with Gasteiger partial charge in [-0.3, -0.25) is 0 Å². The normalized spacial score (nSPS) is 14.1. The first-order chi connectivity index (χ1) is 32.0. The number of nitriles is 1. The van der Waals surface area contributed by atoms with Crippen molar-refractivity contribution in [3.05, 3.63) is 239 Å². The van der Waals surface area contributed by atoms with E-state index in [1.54, 1.807) is 0 Å². The van der Waals surface area contributed by atoms with Crippen LogP contribution in [0.5, 0.6) is 0 Å². The fourth-order valence-corrected chi connectivity index (χ4v) is 10.9. The second-order valence-corrected chi connectivity index (χ2v) is 19.0. The smallest absolute Gasteiger partial charge is 0.0992 e. The third-order valence-electron chi connectivity index (χ3n) is 14.5. The van der Waals surface area contributed by atoms with Crippen LogP contribution in [0.25, 0.3) is 44.5 Å². The monoisotopic (exact) mass is 849 g/mol. The van der Waals surface area contributed by atoms with E-state index in [0.717, 1.165) is 33.4 Å². The SMILES string of the molecule is Cc1c(-c2ccc(-c3cc(C#N)cc(-c4ccc(-c5cccc(N6c7ccccc7C(C)(C)c7ccccc76)c5C)cc4)c3)cc2)cccc1N1c2ccccc2C(C)(C)c2ccccc21. The highest BCUT2D eigenvalue weighted by Crippen LogP contribution is 2.54. The summed E-state index contributed by atoms with van der Waals surface area (Å²) in [6.45, 7) is 13.8. The van der Waals surface area contributed by atoms with E-state index in [-0.39, 0.29) is 10.8 Å². The highest BCUT2D eigenvalue weighted by Gasteiger charge is 2.38. The van der Waals surface area contributed by atoms with E-state index in [2.05, 4.69) is 245 Å². The predicted octanol–water partition coefficient (Wildman–Crippen LogP) is 17.1. The second kappa shape index (κ2) is 15.7. The Morgan fingerprint density at radius 3 is 0.970 bits per heavy atom. The van der Waals surface area contributed by atoms with E-state index in [9.17, 15) is 5.26 Å². The van der Waals surface area contributed by atoms with Gasteiger partial charge in [0.05, 0.1) is 34.4 Å². The number of fused-ring (bicyclic) bond motifs is 4. The third-order valence-corrected chi connectivity index (χ3v) is 14.5. The van der Waals surface area contributed by atoms with Gasteiger partial charge in [0.1, 0.15) is 0 Å². The largest absolute Gasteiger partial charge is 0.310 e. The quantitative estimate of drug-likeness (QED) is 0.167. The zero-order chi connectivity index (χ0) is 45.3. The number of benzene rings is 9. The molecule has 9 aromatic carbocycles. The molecule has 0 fully saturated rings. The molecule has 3 nitrogen and oxygen atoms in total. The minimum Gasteiger partial charge on any atom is -0.310 e. The number of rotatable bonds is 6. The summed E-state index contributed by atoms with van der Waals surface area (Å²) in [5.74, 6) is 0. The van der Waals surface area contributed by atoms with Crippen molar-refractivity contribution in [2.75, 3.05) is 9.80 Å². The molecule has 2 aliphatic heterocycles. The fraction of sp³-hybridized carbons (Fsp3) is 0.127. The van der Waals surface area contributed by atoms with Gasteiger partial charge in [-0.05, 0) is 146 Å². The topological polar surface area (TPSA) is 30.3 Å². The Kier molecular flexibility index (Phi) is 9.68. The van der Waals surface area contributed by atoms with Crippen molar-refractivity contribution < 1.29 is 0 Å². The number of hydrogen-bond donors (Lipinski definition) is 0. The maximum Gasteiger partial charge on any atom is 0.0992 e. The van der Waals surface area contributed by atoms with Crippen LogP contribution in [-0.4, -0.2) is 0 Å². The van der Waals surface area contributed by atoms with Crippen LogP contribution >= 0.6 is 0 Å². The summed E-state index contributed by atoms with van der Waals surface area (Å²) in [7, 11) is 0. The molecule has 9 aromatic rings. The Morgan fingerprint density at radius 1 is 0.333 bits per heavy atom. The van der Waals surface area contributed by atoms with Gasteiger partial charge in [0, 0.05) is 22.2 Å². The summed E-state index contributed by atoms with van der Waals surface area (Å²) >= 11 is 0. The highest BCUT2D eigenvalue weighted by atomic mass is 15.2. The van der Waals surface area contributed by atoms with Gasteiger partial charge in [0.15, 0.2) is 0 Å². The van der Waals surface area contributed by atoms with Crippen LogP contribution < -0.4 is 9.80 Å². The molecule has 11 rings (SSSR count). The van der Waals surface area contributed by atoms with Crippen molar-refractivity contribution in [3.63, 3.8) is 0 Å². The van der Waals surface area contributed by atoms with Gasteiger partial charge in [-0.15, -0.1) is 0 Å². The maximum atomic E-state index is 10.2. The number of nitrogens with zero attached hydrogens (tertiary/aromatic N) is 3. The van der Waals surface area contributed by atoms with Crippen LogP contribution in [0.1, 0.15) is 66.6 Å². The van der Waals surface area contributed by atoms with Gasteiger partial charge in [0.2, 0.25) is 0 Å². The zero-order valence-corrected chi connectivity index (χ0v) is 38.4. The Morgan fingerprint density at radius 2 is 0.636 bits per heavy atom. The molecule has 0 aliphatic carbocycles. The lowest BCUT2D eigenvalue weighted by molar-refractivity contribution is 0.631. The van der Waals surface area contributed by atoms with Crippen LogP contribution in [0.2, 0.25) is 0 Å². The molecule has 66 heavy (non-hydrogen) atoms. The molecule has 318 valence electrons. The summed E-state index contributed by atoms with van der Waals surface area (Å²) in [5.41, 5.74) is 24.3. The number of hydrogen-bond acceptors (Lipinski definition) is 3. The van der Waals surface area contributed by atoms with E-state index in [0.29, 0.717) is 5.56 Å². The van der Waals surface area contributed by atoms with Crippen LogP contribution in [0.4, 0.5) is 34.1 Å². The Bertz CT molecular complexity index is 3080. The molecule has 0 bridgehead atoms. The molecule has 2 aliphatic rings. The van der Waals surface area contributed by atoms with E-state index in [1.165, 1.54) is 78.6 Å². The minimum absolute atomic E-state index is 0.114. The number of anilines is 6. The lowest BCUT2D eigenvalue weighted by Gasteiger charge is -2.42. The van der Waals surface area contributed by atoms with Crippen molar-refractivity contribution in [1.29, 1.82) is 5.26 Å². The highest BCUT2D eigenvalue weighted by molar-refractivity contribution is 5.91. The standard InChI is InChI=1S/C63H51N3/c1-41-50(17-15-27-56(41)65-58-23-11-7-19-52(58)62(3,4)53-20-8-12-24-59(53)65)46-33-29-44(30-34-46)48-37-43(40-64)38-49(39-48)45-31-35-47(36-32-45)51-18-16-28-57(42(51)2)66-60-25-13-9-21-54(60)63(5,6)55-22-10-14-26-61(55)66/h7-39H,1-6H3. The van der Waals surface area contributed by atoms with E-state index in [4.69, 9.17) is 0 Å². The van der Waals surface area contributed by atoms with Crippen molar-refractivity contribution in [2.45, 2.75) is 52.4 Å². The van der Waals surface area contributed by atoms with Gasteiger partial charge in [-0.25, -0.2) is 0 Å². The van der Waals surface area contributed by atoms with E-state index >= 15 is 0 Å². The molecule has 0 atom stereocenters. The summed E-state index contributed by atoms with van der Waals surface area (Å²) in [5, 5.41) is 10.2. The van der Waals surface area contributed by atoms with Crippen molar-refractivity contribution in [1.82, 2.24) is 0 Å². The van der Waals surface area contributed by atoms with Crippen molar-refractivity contribution in [2.24, 2.45) is 0 Å². The molecular weight excluding hydrogens is 799 g/mol. The first-order valence-electron chi connectivity index (χ1n) is 23.0. The Balaban J connectivity index is 0.898. The first-order valence-corrected chi connectivity index (χ1v) is 23.0. The van der Waals surface area contributed by atoms with Gasteiger partial charge >= 0.3 is 0 Å². The summed E-state index contributed by atoms with van der Waals surface area (Å²) < 4.78 is 0. The van der Waals surface area contributed by atoms with Crippen LogP contribution in [-0.2, 0) is 10.8 Å². The molecule has 2 heterocycles. The predicted molar refractivity (Wildman–Crippen MR) is 276 cm³/mol. The molecule has 0 unspecified atom stereocenters. The van der Waals surface area contributed by atoms with Crippen molar-refractivity contribution in [3.8, 4) is 50.6 Å². The Labute approximate surface area is 389 Å². The molecule has 0 amide bonds. The molecule has 0 saturated carbocycles. The molecule has 0 radical (unpaired) electrons. The molecule has 3 heteroatoms. The fourth-order valence-electron chi connectivity index (χ4n) is 10.9. The summed E-state index contributed by atoms with van der Waals surface area (Å²) in [6, 6.07) is 74.8. The summed E-state index contributed by atoms with van der Waals surface area (Å²) in [4.78, 5) is 4.88. The maximum absolute atomic E-state index is 10.2.